The molecule has 0 radical (unpaired) electrons. The lowest BCUT2D eigenvalue weighted by molar-refractivity contribution is -0.137. The second-order valence-electron chi connectivity index (χ2n) is 7.47. The van der Waals surface area contributed by atoms with Crippen LogP contribution < -0.4 is 0 Å². The third-order valence-electron chi connectivity index (χ3n) is 4.53. The number of aliphatic imine (C=N–C) groups is 1. The van der Waals surface area contributed by atoms with Gasteiger partial charge in [0.25, 0.3) is 0 Å². The second kappa shape index (κ2) is 13.6. The van der Waals surface area contributed by atoms with E-state index in [1.54, 1.807) is 24.3 Å². The van der Waals surface area contributed by atoms with E-state index in [-0.39, 0.29) is 17.9 Å². The number of nitrogens with zero attached hydrogens (tertiary/aromatic N) is 1. The van der Waals surface area contributed by atoms with Gasteiger partial charge in [-0.2, -0.15) is 13.2 Å². The lowest BCUT2D eigenvalue weighted by Crippen LogP contribution is -2.09. The van der Waals surface area contributed by atoms with Crippen LogP contribution in [0.4, 0.5) is 13.2 Å². The molecule has 0 fully saturated rings. The van der Waals surface area contributed by atoms with Crippen molar-refractivity contribution in [1.82, 2.24) is 0 Å². The predicted octanol–water partition coefficient (Wildman–Crippen LogP) is 8.16. The Morgan fingerprint density at radius 3 is 1.91 bits per heavy atom. The molecule has 0 aromatic heterocycles. The van der Waals surface area contributed by atoms with Crippen molar-refractivity contribution in [1.29, 1.82) is 0 Å². The van der Waals surface area contributed by atoms with E-state index in [0.29, 0.717) is 22.9 Å². The zero-order valence-electron chi connectivity index (χ0n) is 19.3. The maximum absolute atomic E-state index is 12.7. The average Bonchev–Trinajstić information content (AvgIpc) is 2.92. The van der Waals surface area contributed by atoms with Crippen molar-refractivity contribution in [2.24, 2.45) is 4.99 Å². The molecule has 0 atom stereocenters. The number of unbranched alkanes of at least 4 members (excludes halogenated alkanes) is 3. The van der Waals surface area contributed by atoms with Crippen LogP contribution in [0.5, 0.6) is 5.75 Å². The molecule has 0 bridgehead atoms. The van der Waals surface area contributed by atoms with Crippen molar-refractivity contribution < 1.29 is 23.4 Å². The molecule has 1 aliphatic heterocycles. The van der Waals surface area contributed by atoms with Crippen molar-refractivity contribution in [3.8, 4) is 5.75 Å². The van der Waals surface area contributed by atoms with Gasteiger partial charge in [0.15, 0.2) is 0 Å². The molecule has 0 amide bonds. The summed E-state index contributed by atoms with van der Waals surface area (Å²) >= 11 is 0. The lowest BCUT2D eigenvalue weighted by Gasteiger charge is -2.13. The van der Waals surface area contributed by atoms with Gasteiger partial charge in [0.1, 0.15) is 11.5 Å². The average molecular weight is 450 g/mol. The Kier molecular flexibility index (Phi) is 11.6. The monoisotopic (exact) mass is 449 g/mol. The van der Waals surface area contributed by atoms with Gasteiger partial charge in [-0.25, -0.2) is 0 Å². The number of aliphatic hydroxyl groups excluding tert-OH is 1. The molecule has 32 heavy (non-hydrogen) atoms. The fourth-order valence-corrected chi connectivity index (χ4v) is 2.97. The topological polar surface area (TPSA) is 52.8 Å². The first-order valence-corrected chi connectivity index (χ1v) is 11.1. The quantitative estimate of drug-likeness (QED) is 0.463. The molecule has 0 aliphatic carbocycles. The largest absolute Gasteiger partial charge is 0.508 e. The number of fused-ring (bicyclic) bond motifs is 1. The minimum atomic E-state index is -4.53. The van der Waals surface area contributed by atoms with Crippen LogP contribution in [0.2, 0.25) is 0 Å². The summed E-state index contributed by atoms with van der Waals surface area (Å²) in [6.45, 7) is 8.88. The van der Waals surface area contributed by atoms with Crippen LogP contribution in [0.15, 0.2) is 53.5 Å². The molecule has 176 valence electrons. The van der Waals surface area contributed by atoms with Crippen LogP contribution in [-0.4, -0.2) is 22.5 Å². The molecular weight excluding hydrogens is 415 g/mol. The fraction of sp³-hybridized carbons (Fsp3) is 0.423. The zero-order valence-corrected chi connectivity index (χ0v) is 19.3. The summed E-state index contributed by atoms with van der Waals surface area (Å²) in [4.78, 5) is 4.28. The van der Waals surface area contributed by atoms with Gasteiger partial charge in [0.2, 0.25) is 0 Å². The van der Waals surface area contributed by atoms with E-state index in [4.69, 9.17) is 0 Å². The van der Waals surface area contributed by atoms with Crippen LogP contribution in [0.25, 0.3) is 5.76 Å². The van der Waals surface area contributed by atoms with E-state index in [2.05, 4.69) is 32.7 Å². The number of aromatic hydroxyl groups is 1. The summed E-state index contributed by atoms with van der Waals surface area (Å²) in [5.41, 5.74) is 0.666. The van der Waals surface area contributed by atoms with E-state index in [9.17, 15) is 23.4 Å². The van der Waals surface area contributed by atoms with Gasteiger partial charge in [-0.1, -0.05) is 84.1 Å². The molecule has 3 rings (SSSR count). The van der Waals surface area contributed by atoms with Crippen LogP contribution in [0.3, 0.4) is 0 Å². The smallest absolute Gasteiger partial charge is 0.416 e. The first-order chi connectivity index (χ1) is 15.2. The Morgan fingerprint density at radius 2 is 1.41 bits per heavy atom. The summed E-state index contributed by atoms with van der Waals surface area (Å²) in [7, 11) is 0. The Bertz CT molecular complexity index is 898. The van der Waals surface area contributed by atoms with Gasteiger partial charge in [0.05, 0.1) is 17.8 Å². The standard InChI is InChI=1S/C17H12F3NO2.C6H14.C3H8/c18-17(19,20)10-5-6-13(15(23)9-10)16-12-4-2-1-3-11(12)14(22)7-8-21-16;1-3-5-6-4-2;1-3-2/h1-7,9,22-23H,8H2;3-6H2,1-2H3;3H2,1-2H3. The van der Waals surface area contributed by atoms with E-state index < -0.39 is 17.5 Å². The third-order valence-corrected chi connectivity index (χ3v) is 4.53. The molecule has 2 aromatic rings. The van der Waals surface area contributed by atoms with Crippen molar-refractivity contribution in [3.63, 3.8) is 0 Å². The Hall–Kier alpha value is -2.76. The predicted molar refractivity (Wildman–Crippen MR) is 126 cm³/mol. The maximum atomic E-state index is 12.7. The number of phenols is 1. The molecule has 2 aromatic carbocycles. The highest BCUT2D eigenvalue weighted by Gasteiger charge is 2.31. The number of benzene rings is 2. The lowest BCUT2D eigenvalue weighted by atomic mass is 9.95. The summed E-state index contributed by atoms with van der Waals surface area (Å²) in [5, 5.41) is 20.0. The molecule has 2 N–H and O–H groups in total. The van der Waals surface area contributed by atoms with Gasteiger partial charge in [-0.3, -0.25) is 4.99 Å². The first-order valence-electron chi connectivity index (χ1n) is 11.1. The molecule has 6 heteroatoms. The second-order valence-corrected chi connectivity index (χ2v) is 7.47. The molecule has 3 nitrogen and oxygen atoms in total. The number of hydrogen-bond donors (Lipinski definition) is 2. The number of alkyl halides is 3. The Balaban J connectivity index is 0.000000486. The van der Waals surface area contributed by atoms with Crippen molar-refractivity contribution in [2.75, 3.05) is 6.54 Å². The fourth-order valence-electron chi connectivity index (χ4n) is 2.97. The maximum Gasteiger partial charge on any atom is 0.416 e. The number of rotatable bonds is 4. The molecule has 0 unspecified atom stereocenters. The molecule has 1 aliphatic rings. The SMILES string of the molecule is CCC.CCCCCC.OC1=CCN=C(c2ccc(C(F)(F)F)cc2O)c2ccccc21. The number of aliphatic hydroxyl groups is 1. The number of halogens is 3. The Morgan fingerprint density at radius 1 is 0.844 bits per heavy atom. The van der Waals surface area contributed by atoms with Crippen LogP contribution in [0.1, 0.15) is 82.1 Å². The summed E-state index contributed by atoms with van der Waals surface area (Å²) in [6.07, 6.45) is 3.76. The van der Waals surface area contributed by atoms with Crippen molar-refractivity contribution >= 4 is 11.5 Å². The summed E-state index contributed by atoms with van der Waals surface area (Å²) in [6, 6.07) is 9.61. The number of hydrogen-bond acceptors (Lipinski definition) is 3. The molecular formula is C26H34F3NO2. The molecule has 1 heterocycles. The van der Waals surface area contributed by atoms with Crippen LogP contribution in [-0.2, 0) is 6.18 Å². The van der Waals surface area contributed by atoms with Crippen molar-refractivity contribution in [3.05, 3.63) is 70.8 Å². The first kappa shape index (κ1) is 27.3. The van der Waals surface area contributed by atoms with Crippen LogP contribution in [0, 0.1) is 0 Å². The third kappa shape index (κ3) is 8.06. The van der Waals surface area contributed by atoms with Crippen LogP contribution >= 0.6 is 0 Å². The van der Waals surface area contributed by atoms with Gasteiger partial charge in [-0.05, 0) is 24.3 Å². The highest BCUT2D eigenvalue weighted by atomic mass is 19.4. The van der Waals surface area contributed by atoms with Gasteiger partial charge < -0.3 is 10.2 Å². The van der Waals surface area contributed by atoms with Gasteiger partial charge in [0, 0.05) is 16.7 Å². The highest BCUT2D eigenvalue weighted by molar-refractivity contribution is 6.16. The van der Waals surface area contributed by atoms with E-state index in [1.165, 1.54) is 44.2 Å². The minimum absolute atomic E-state index is 0.0470. The van der Waals surface area contributed by atoms with E-state index in [0.717, 1.165) is 6.07 Å². The summed E-state index contributed by atoms with van der Waals surface area (Å²) < 4.78 is 38.1. The molecule has 0 saturated carbocycles. The van der Waals surface area contributed by atoms with E-state index >= 15 is 0 Å². The molecule has 0 saturated heterocycles. The van der Waals surface area contributed by atoms with Gasteiger partial charge in [-0.15, -0.1) is 0 Å². The zero-order chi connectivity index (χ0) is 24.1. The molecule has 0 spiro atoms. The van der Waals surface area contributed by atoms with E-state index in [1.807, 2.05) is 0 Å². The summed E-state index contributed by atoms with van der Waals surface area (Å²) in [5.74, 6) is -0.458. The highest BCUT2D eigenvalue weighted by Crippen LogP contribution is 2.34. The Labute approximate surface area is 189 Å². The number of phenolic OH excluding ortho intramolecular Hbond substituents is 1. The minimum Gasteiger partial charge on any atom is -0.508 e. The van der Waals surface area contributed by atoms with Gasteiger partial charge >= 0.3 is 6.18 Å². The van der Waals surface area contributed by atoms with Crippen molar-refractivity contribution in [2.45, 2.75) is 66.0 Å². The normalized spacial score (nSPS) is 12.7.